The number of hydrogen-bond acceptors (Lipinski definition) is 4. The van der Waals surface area contributed by atoms with Crippen LogP contribution >= 0.6 is 0 Å². The molecule has 0 aromatic heterocycles. The molecule has 1 aromatic carbocycles. The summed E-state index contributed by atoms with van der Waals surface area (Å²) in [5.74, 6) is -0.508. The van der Waals surface area contributed by atoms with Crippen molar-refractivity contribution in [1.29, 1.82) is 5.26 Å². The summed E-state index contributed by atoms with van der Waals surface area (Å²) in [6.07, 6.45) is 1.57. The highest BCUT2D eigenvalue weighted by Gasteiger charge is 2.32. The number of halogens is 1. The zero-order chi connectivity index (χ0) is 13.7. The number of benzene rings is 1. The van der Waals surface area contributed by atoms with Crippen molar-refractivity contribution in [1.82, 2.24) is 0 Å². The Morgan fingerprint density at radius 2 is 2.21 bits per heavy atom. The van der Waals surface area contributed by atoms with E-state index < -0.39 is 5.82 Å². The van der Waals surface area contributed by atoms with Gasteiger partial charge in [0, 0.05) is 39.7 Å². The molecule has 1 aliphatic heterocycles. The third kappa shape index (κ3) is 3.03. The van der Waals surface area contributed by atoms with Gasteiger partial charge in [0.25, 0.3) is 0 Å². The van der Waals surface area contributed by atoms with Crippen molar-refractivity contribution in [3.05, 3.63) is 29.6 Å². The van der Waals surface area contributed by atoms with Crippen LogP contribution in [0.2, 0.25) is 0 Å². The average Bonchev–Trinajstić information content (AvgIpc) is 2.46. The topological polar surface area (TPSA) is 54.3 Å². The minimum atomic E-state index is -0.508. The van der Waals surface area contributed by atoms with Crippen molar-refractivity contribution < 1.29 is 13.9 Å². The largest absolute Gasteiger partial charge is 0.381 e. The molecule has 0 bridgehead atoms. The van der Waals surface area contributed by atoms with E-state index in [1.165, 1.54) is 6.07 Å². The second kappa shape index (κ2) is 6.00. The highest BCUT2D eigenvalue weighted by atomic mass is 19.1. The minimum absolute atomic E-state index is 0.0424. The highest BCUT2D eigenvalue weighted by Crippen LogP contribution is 2.26. The zero-order valence-corrected chi connectivity index (χ0v) is 10.9. The molecule has 0 spiro atoms. The van der Waals surface area contributed by atoms with Gasteiger partial charge in [-0.25, -0.2) is 4.39 Å². The van der Waals surface area contributed by atoms with Gasteiger partial charge in [0.05, 0.1) is 11.3 Å². The molecular formula is C14H17FN2O2. The average molecular weight is 264 g/mol. The van der Waals surface area contributed by atoms with E-state index in [0.29, 0.717) is 25.4 Å². The number of nitrogens with zero attached hydrogens (tertiary/aromatic N) is 1. The summed E-state index contributed by atoms with van der Waals surface area (Å²) in [4.78, 5) is 0. The van der Waals surface area contributed by atoms with E-state index in [0.717, 1.165) is 12.8 Å². The van der Waals surface area contributed by atoms with E-state index in [2.05, 4.69) is 5.32 Å². The molecule has 1 heterocycles. The van der Waals surface area contributed by atoms with Crippen LogP contribution in [0.4, 0.5) is 10.1 Å². The molecule has 19 heavy (non-hydrogen) atoms. The molecule has 0 saturated carbocycles. The predicted molar refractivity (Wildman–Crippen MR) is 69.4 cm³/mol. The summed E-state index contributed by atoms with van der Waals surface area (Å²) in [6, 6.07) is 6.45. The SMILES string of the molecule is COC1(CNc2cccc(F)c2C#N)CCOCC1. The van der Waals surface area contributed by atoms with Crippen LogP contribution in [0.3, 0.4) is 0 Å². The Kier molecular flexibility index (Phi) is 4.35. The van der Waals surface area contributed by atoms with Crippen molar-refractivity contribution in [2.45, 2.75) is 18.4 Å². The van der Waals surface area contributed by atoms with Crippen LogP contribution in [-0.2, 0) is 9.47 Å². The van der Waals surface area contributed by atoms with E-state index in [-0.39, 0.29) is 11.2 Å². The number of anilines is 1. The molecule has 2 rings (SSSR count). The third-order valence-corrected chi connectivity index (χ3v) is 3.56. The summed E-state index contributed by atoms with van der Waals surface area (Å²) < 4.78 is 24.4. The smallest absolute Gasteiger partial charge is 0.143 e. The van der Waals surface area contributed by atoms with Crippen molar-refractivity contribution in [2.24, 2.45) is 0 Å². The third-order valence-electron chi connectivity index (χ3n) is 3.56. The van der Waals surface area contributed by atoms with Crippen LogP contribution in [0.25, 0.3) is 0 Å². The van der Waals surface area contributed by atoms with E-state index in [9.17, 15) is 4.39 Å². The lowest BCUT2D eigenvalue weighted by molar-refractivity contribution is -0.0807. The maximum atomic E-state index is 13.5. The molecule has 0 radical (unpaired) electrons. The van der Waals surface area contributed by atoms with Gasteiger partial charge < -0.3 is 14.8 Å². The Bertz CT molecular complexity index is 479. The standard InChI is InChI=1S/C14H17FN2O2/c1-18-14(5-7-19-8-6-14)10-17-13-4-2-3-12(15)11(13)9-16/h2-4,17H,5-8,10H2,1H3. The van der Waals surface area contributed by atoms with E-state index >= 15 is 0 Å². The maximum absolute atomic E-state index is 13.5. The molecule has 0 amide bonds. The van der Waals surface area contributed by atoms with Crippen molar-refractivity contribution >= 4 is 5.69 Å². The number of nitriles is 1. The van der Waals surface area contributed by atoms with Crippen molar-refractivity contribution in [2.75, 3.05) is 32.2 Å². The van der Waals surface area contributed by atoms with Gasteiger partial charge in [-0.15, -0.1) is 0 Å². The Hall–Kier alpha value is -1.64. The first kappa shape index (κ1) is 13.8. The monoisotopic (exact) mass is 264 g/mol. The second-order valence-corrected chi connectivity index (χ2v) is 4.63. The molecule has 1 aromatic rings. The van der Waals surface area contributed by atoms with Gasteiger partial charge in [-0.1, -0.05) is 6.07 Å². The number of rotatable bonds is 4. The molecule has 0 unspecified atom stereocenters. The number of ether oxygens (including phenoxy) is 2. The Labute approximate surface area is 112 Å². The lowest BCUT2D eigenvalue weighted by atomic mass is 9.93. The lowest BCUT2D eigenvalue weighted by Crippen LogP contribution is -2.44. The van der Waals surface area contributed by atoms with Gasteiger partial charge in [-0.3, -0.25) is 0 Å². The molecule has 1 fully saturated rings. The zero-order valence-electron chi connectivity index (χ0n) is 10.9. The first-order chi connectivity index (χ1) is 9.21. The van der Waals surface area contributed by atoms with E-state index in [4.69, 9.17) is 14.7 Å². The van der Waals surface area contributed by atoms with Crippen molar-refractivity contribution in [3.8, 4) is 6.07 Å². The molecule has 1 N–H and O–H groups in total. The van der Waals surface area contributed by atoms with Crippen LogP contribution in [0.1, 0.15) is 18.4 Å². The summed E-state index contributed by atoms with van der Waals surface area (Å²) in [7, 11) is 1.67. The van der Waals surface area contributed by atoms with Gasteiger partial charge in [0.15, 0.2) is 0 Å². The summed E-state index contributed by atoms with van der Waals surface area (Å²) >= 11 is 0. The maximum Gasteiger partial charge on any atom is 0.143 e. The molecule has 5 heteroatoms. The fraction of sp³-hybridized carbons (Fsp3) is 0.500. The molecule has 4 nitrogen and oxygen atoms in total. The number of methoxy groups -OCH3 is 1. The van der Waals surface area contributed by atoms with E-state index in [1.54, 1.807) is 19.2 Å². The van der Waals surface area contributed by atoms with Gasteiger partial charge in [-0.05, 0) is 12.1 Å². The second-order valence-electron chi connectivity index (χ2n) is 4.63. The molecular weight excluding hydrogens is 247 g/mol. The van der Waals surface area contributed by atoms with Gasteiger partial charge in [-0.2, -0.15) is 5.26 Å². The molecule has 0 aliphatic carbocycles. The first-order valence-electron chi connectivity index (χ1n) is 6.26. The Morgan fingerprint density at radius 3 is 2.84 bits per heavy atom. The molecule has 1 aliphatic rings. The first-order valence-corrected chi connectivity index (χ1v) is 6.26. The van der Waals surface area contributed by atoms with Gasteiger partial charge in [0.2, 0.25) is 0 Å². The molecule has 102 valence electrons. The van der Waals surface area contributed by atoms with Crippen LogP contribution in [0.15, 0.2) is 18.2 Å². The summed E-state index contributed by atoms with van der Waals surface area (Å²) in [6.45, 7) is 1.85. The fourth-order valence-electron chi connectivity index (χ4n) is 2.24. The van der Waals surface area contributed by atoms with Crippen LogP contribution in [0, 0.1) is 17.1 Å². The van der Waals surface area contributed by atoms with Crippen molar-refractivity contribution in [3.63, 3.8) is 0 Å². The van der Waals surface area contributed by atoms with Crippen LogP contribution in [-0.4, -0.2) is 32.5 Å². The quantitative estimate of drug-likeness (QED) is 0.906. The Morgan fingerprint density at radius 1 is 1.47 bits per heavy atom. The van der Waals surface area contributed by atoms with Crippen LogP contribution in [0.5, 0.6) is 0 Å². The lowest BCUT2D eigenvalue weighted by Gasteiger charge is -2.36. The van der Waals surface area contributed by atoms with Gasteiger partial charge in [0.1, 0.15) is 17.4 Å². The predicted octanol–water partition coefficient (Wildman–Crippen LogP) is 2.30. The normalized spacial score (nSPS) is 17.7. The van der Waals surface area contributed by atoms with E-state index in [1.807, 2.05) is 6.07 Å². The van der Waals surface area contributed by atoms with Gasteiger partial charge >= 0.3 is 0 Å². The summed E-state index contributed by atoms with van der Waals surface area (Å²) in [5.41, 5.74) is 0.239. The highest BCUT2D eigenvalue weighted by molar-refractivity contribution is 5.58. The fourth-order valence-corrected chi connectivity index (χ4v) is 2.24. The Balaban J connectivity index is 2.10. The minimum Gasteiger partial charge on any atom is -0.381 e. The van der Waals surface area contributed by atoms with Crippen LogP contribution < -0.4 is 5.32 Å². The molecule has 0 atom stereocenters. The number of hydrogen-bond donors (Lipinski definition) is 1. The molecule has 1 saturated heterocycles. The number of nitrogens with one attached hydrogen (secondary N) is 1. The summed E-state index contributed by atoms with van der Waals surface area (Å²) in [5, 5.41) is 12.1.